The molecule has 1 atom stereocenters. The smallest absolute Gasteiger partial charge is 0.176 e. The number of nitrogens with zero attached hydrogens (tertiary/aromatic N) is 4. The highest BCUT2D eigenvalue weighted by Crippen LogP contribution is 2.11. The molecule has 0 bridgehead atoms. The van der Waals surface area contributed by atoms with Gasteiger partial charge in [-0.3, -0.25) is 0 Å². The van der Waals surface area contributed by atoms with Gasteiger partial charge in [0.05, 0.1) is 7.05 Å². The van der Waals surface area contributed by atoms with Gasteiger partial charge >= 0.3 is 0 Å². The lowest BCUT2D eigenvalue weighted by atomic mass is 10.0. The summed E-state index contributed by atoms with van der Waals surface area (Å²) >= 11 is 5.82. The monoisotopic (exact) mass is 251 g/mol. The Labute approximate surface area is 105 Å². The summed E-state index contributed by atoms with van der Waals surface area (Å²) in [6, 6.07) is 7.67. The van der Waals surface area contributed by atoms with Crippen molar-refractivity contribution >= 4 is 11.6 Å². The van der Waals surface area contributed by atoms with E-state index in [1.807, 2.05) is 24.3 Å². The molecule has 0 aliphatic rings. The van der Waals surface area contributed by atoms with Crippen LogP contribution in [0.1, 0.15) is 11.4 Å². The zero-order valence-electron chi connectivity index (χ0n) is 9.55. The Hall–Kier alpha value is -1.46. The molecule has 1 aromatic heterocycles. The summed E-state index contributed by atoms with van der Waals surface area (Å²) in [6.07, 6.45) is 1.39. The Morgan fingerprint density at radius 2 is 2.00 bits per heavy atom. The van der Waals surface area contributed by atoms with E-state index in [0.29, 0.717) is 12.2 Å². The van der Waals surface area contributed by atoms with Gasteiger partial charge in [0.25, 0.3) is 0 Å². The van der Waals surface area contributed by atoms with Crippen LogP contribution in [0.15, 0.2) is 24.3 Å². The van der Waals surface area contributed by atoms with E-state index in [4.69, 9.17) is 17.3 Å². The zero-order chi connectivity index (χ0) is 12.3. The van der Waals surface area contributed by atoms with Gasteiger partial charge in [-0.05, 0) is 29.3 Å². The molecular weight excluding hydrogens is 238 g/mol. The average Bonchev–Trinajstić information content (AvgIpc) is 2.67. The summed E-state index contributed by atoms with van der Waals surface area (Å²) in [5, 5.41) is 12.5. The summed E-state index contributed by atoms with van der Waals surface area (Å²) in [7, 11) is 1.74. The second kappa shape index (κ2) is 5.25. The van der Waals surface area contributed by atoms with E-state index in [2.05, 4.69) is 15.4 Å². The molecule has 0 aliphatic heterocycles. The van der Waals surface area contributed by atoms with Gasteiger partial charge in [0, 0.05) is 17.5 Å². The molecular formula is C11H14ClN5. The average molecular weight is 252 g/mol. The number of halogens is 1. The van der Waals surface area contributed by atoms with Crippen molar-refractivity contribution in [3.05, 3.63) is 40.7 Å². The molecule has 2 aromatic rings. The standard InChI is InChI=1S/C11H14ClN5/c1-17-15-11(14-16-17)7-10(13)6-8-2-4-9(12)5-3-8/h2-5,10H,6-7,13H2,1H3. The van der Waals surface area contributed by atoms with Gasteiger partial charge in [-0.15, -0.1) is 10.2 Å². The normalized spacial score (nSPS) is 12.6. The molecule has 17 heavy (non-hydrogen) atoms. The minimum absolute atomic E-state index is 0.0135. The topological polar surface area (TPSA) is 69.6 Å². The number of aryl methyl sites for hydroxylation is 1. The number of rotatable bonds is 4. The fourth-order valence-electron chi connectivity index (χ4n) is 1.63. The molecule has 0 saturated heterocycles. The second-order valence-electron chi connectivity index (χ2n) is 3.99. The van der Waals surface area contributed by atoms with E-state index in [0.717, 1.165) is 17.0 Å². The first-order chi connectivity index (χ1) is 8.13. The second-order valence-corrected chi connectivity index (χ2v) is 4.43. The Morgan fingerprint density at radius 1 is 1.29 bits per heavy atom. The summed E-state index contributed by atoms with van der Waals surface area (Å²) in [5.74, 6) is 0.675. The first-order valence-corrected chi connectivity index (χ1v) is 5.74. The van der Waals surface area contributed by atoms with Crippen molar-refractivity contribution in [3.63, 3.8) is 0 Å². The molecule has 0 radical (unpaired) electrons. The molecule has 1 unspecified atom stereocenters. The van der Waals surface area contributed by atoms with Gasteiger partial charge in [0.1, 0.15) is 0 Å². The van der Waals surface area contributed by atoms with Crippen molar-refractivity contribution in [1.82, 2.24) is 20.2 Å². The fourth-order valence-corrected chi connectivity index (χ4v) is 1.76. The predicted octanol–water partition coefficient (Wildman–Crippen LogP) is 0.976. The van der Waals surface area contributed by atoms with Crippen LogP contribution in [0.3, 0.4) is 0 Å². The van der Waals surface area contributed by atoms with Crippen molar-refractivity contribution in [2.75, 3.05) is 0 Å². The lowest BCUT2D eigenvalue weighted by Crippen LogP contribution is -2.26. The third-order valence-corrected chi connectivity index (χ3v) is 2.66. The number of nitrogens with two attached hydrogens (primary N) is 1. The van der Waals surface area contributed by atoms with Crippen LogP contribution in [0, 0.1) is 0 Å². The molecule has 2 rings (SSSR count). The molecule has 6 heteroatoms. The molecule has 1 heterocycles. The van der Waals surface area contributed by atoms with Gasteiger partial charge < -0.3 is 5.73 Å². The third kappa shape index (κ3) is 3.51. The van der Waals surface area contributed by atoms with Crippen LogP contribution >= 0.6 is 11.6 Å². The van der Waals surface area contributed by atoms with Crippen molar-refractivity contribution in [2.45, 2.75) is 18.9 Å². The molecule has 0 amide bonds. The number of aromatic nitrogens is 4. The highest BCUT2D eigenvalue weighted by molar-refractivity contribution is 6.30. The predicted molar refractivity (Wildman–Crippen MR) is 65.6 cm³/mol. The lowest BCUT2D eigenvalue weighted by Gasteiger charge is -2.08. The summed E-state index contributed by atoms with van der Waals surface area (Å²) in [4.78, 5) is 1.43. The van der Waals surface area contributed by atoms with Crippen LogP contribution < -0.4 is 5.73 Å². The van der Waals surface area contributed by atoms with Gasteiger partial charge in [-0.25, -0.2) is 0 Å². The van der Waals surface area contributed by atoms with Crippen molar-refractivity contribution in [2.24, 2.45) is 12.8 Å². The Morgan fingerprint density at radius 3 is 2.59 bits per heavy atom. The maximum atomic E-state index is 6.04. The minimum atomic E-state index is -0.0135. The molecule has 1 aromatic carbocycles. The van der Waals surface area contributed by atoms with Gasteiger partial charge in [0.15, 0.2) is 5.82 Å². The minimum Gasteiger partial charge on any atom is -0.327 e. The van der Waals surface area contributed by atoms with Crippen LogP contribution in [0.4, 0.5) is 0 Å². The Balaban J connectivity index is 1.93. The van der Waals surface area contributed by atoms with E-state index in [1.54, 1.807) is 7.05 Å². The molecule has 90 valence electrons. The van der Waals surface area contributed by atoms with Crippen LogP contribution in [0.2, 0.25) is 5.02 Å². The molecule has 0 aliphatic carbocycles. The van der Waals surface area contributed by atoms with E-state index >= 15 is 0 Å². The largest absolute Gasteiger partial charge is 0.327 e. The number of benzene rings is 1. The first kappa shape index (κ1) is 12.0. The quantitative estimate of drug-likeness (QED) is 0.879. The lowest BCUT2D eigenvalue weighted by molar-refractivity contribution is 0.615. The van der Waals surface area contributed by atoms with Crippen LogP contribution in [0.5, 0.6) is 0 Å². The summed E-state index contributed by atoms with van der Waals surface area (Å²) in [6.45, 7) is 0. The molecule has 5 nitrogen and oxygen atoms in total. The number of hydrogen-bond acceptors (Lipinski definition) is 4. The van der Waals surface area contributed by atoms with E-state index in [1.165, 1.54) is 4.80 Å². The Kier molecular flexibility index (Phi) is 3.71. The maximum absolute atomic E-state index is 6.04. The molecule has 0 saturated carbocycles. The number of tetrazole rings is 1. The van der Waals surface area contributed by atoms with Crippen LogP contribution in [0.25, 0.3) is 0 Å². The SMILES string of the molecule is Cn1nnc(CC(N)Cc2ccc(Cl)cc2)n1. The summed E-state index contributed by atoms with van der Waals surface area (Å²) < 4.78 is 0. The molecule has 0 fully saturated rings. The van der Waals surface area contributed by atoms with Gasteiger partial charge in [-0.1, -0.05) is 23.7 Å². The number of hydrogen-bond donors (Lipinski definition) is 1. The Bertz CT molecular complexity index is 479. The molecule has 2 N–H and O–H groups in total. The van der Waals surface area contributed by atoms with E-state index in [-0.39, 0.29) is 6.04 Å². The van der Waals surface area contributed by atoms with E-state index in [9.17, 15) is 0 Å². The highest BCUT2D eigenvalue weighted by atomic mass is 35.5. The van der Waals surface area contributed by atoms with Crippen molar-refractivity contribution in [1.29, 1.82) is 0 Å². The van der Waals surface area contributed by atoms with Crippen molar-refractivity contribution in [3.8, 4) is 0 Å². The third-order valence-electron chi connectivity index (χ3n) is 2.41. The fraction of sp³-hybridized carbons (Fsp3) is 0.364. The first-order valence-electron chi connectivity index (χ1n) is 5.36. The van der Waals surface area contributed by atoms with Crippen molar-refractivity contribution < 1.29 is 0 Å². The zero-order valence-corrected chi connectivity index (χ0v) is 10.3. The van der Waals surface area contributed by atoms with Gasteiger partial charge in [-0.2, -0.15) is 4.80 Å². The highest BCUT2D eigenvalue weighted by Gasteiger charge is 2.09. The van der Waals surface area contributed by atoms with Crippen LogP contribution in [-0.2, 0) is 19.9 Å². The summed E-state index contributed by atoms with van der Waals surface area (Å²) in [5.41, 5.74) is 7.19. The maximum Gasteiger partial charge on any atom is 0.176 e. The van der Waals surface area contributed by atoms with E-state index < -0.39 is 0 Å². The molecule has 0 spiro atoms. The van der Waals surface area contributed by atoms with Crippen LogP contribution in [-0.4, -0.2) is 26.2 Å². The van der Waals surface area contributed by atoms with Gasteiger partial charge in [0.2, 0.25) is 0 Å².